The third-order valence-electron chi connectivity index (χ3n) is 2.57. The number of nitrogens with zero attached hydrogens (tertiary/aromatic N) is 2. The van der Waals surface area contributed by atoms with Gasteiger partial charge in [0.1, 0.15) is 4.60 Å². The van der Waals surface area contributed by atoms with E-state index in [1.54, 1.807) is 12.3 Å². The molecule has 15 heavy (non-hydrogen) atoms. The molecule has 2 heterocycles. The maximum absolute atomic E-state index is 13.6. The van der Waals surface area contributed by atoms with E-state index in [0.717, 1.165) is 13.0 Å². The van der Waals surface area contributed by atoms with Gasteiger partial charge in [0.2, 0.25) is 0 Å². The van der Waals surface area contributed by atoms with Gasteiger partial charge in [-0.1, -0.05) is 0 Å². The van der Waals surface area contributed by atoms with E-state index in [-0.39, 0.29) is 16.5 Å². The molecule has 0 unspecified atom stereocenters. The molecule has 1 fully saturated rings. The number of hydrogen-bond acceptors (Lipinski definition) is 3. The predicted molar refractivity (Wildman–Crippen MR) is 57.8 cm³/mol. The lowest BCUT2D eigenvalue weighted by molar-refractivity contribution is 0.174. The Balaban J connectivity index is 2.07. The number of halogens is 2. The number of β-amino-alcohol motifs (C(OH)–C–C–N with tert-alkyl or cyclic N) is 1. The van der Waals surface area contributed by atoms with E-state index < -0.39 is 0 Å². The Morgan fingerprint density at radius 2 is 2.47 bits per heavy atom. The van der Waals surface area contributed by atoms with Gasteiger partial charge in [-0.25, -0.2) is 9.37 Å². The molecule has 0 aromatic carbocycles. The summed E-state index contributed by atoms with van der Waals surface area (Å²) >= 11 is 3.05. The first-order valence-corrected chi connectivity index (χ1v) is 5.65. The van der Waals surface area contributed by atoms with Crippen molar-refractivity contribution in [2.24, 2.45) is 0 Å². The Morgan fingerprint density at radius 1 is 1.67 bits per heavy atom. The lowest BCUT2D eigenvalue weighted by atomic mass is 10.2. The fourth-order valence-corrected chi connectivity index (χ4v) is 2.15. The summed E-state index contributed by atoms with van der Waals surface area (Å²) < 4.78 is 13.8. The van der Waals surface area contributed by atoms with Crippen LogP contribution in [0.3, 0.4) is 0 Å². The minimum absolute atomic E-state index is 0.250. The second-order valence-corrected chi connectivity index (χ2v) is 4.50. The van der Waals surface area contributed by atoms with Gasteiger partial charge in [-0.05, 0) is 28.4 Å². The summed E-state index contributed by atoms with van der Waals surface area (Å²) in [5.41, 5.74) is 0.617. The van der Waals surface area contributed by atoms with Crippen LogP contribution in [-0.2, 0) is 6.54 Å². The van der Waals surface area contributed by atoms with E-state index >= 15 is 0 Å². The summed E-state index contributed by atoms with van der Waals surface area (Å²) in [5, 5.41) is 9.34. The molecule has 1 atom stereocenters. The third kappa shape index (κ3) is 2.53. The van der Waals surface area contributed by atoms with Crippen LogP contribution >= 0.6 is 15.9 Å². The van der Waals surface area contributed by atoms with Crippen molar-refractivity contribution in [3.63, 3.8) is 0 Å². The van der Waals surface area contributed by atoms with Crippen molar-refractivity contribution < 1.29 is 9.50 Å². The van der Waals surface area contributed by atoms with Crippen LogP contribution < -0.4 is 0 Å². The molecule has 1 N–H and O–H groups in total. The molecule has 1 aromatic rings. The van der Waals surface area contributed by atoms with Crippen molar-refractivity contribution in [2.45, 2.75) is 19.1 Å². The number of aromatic nitrogens is 1. The highest BCUT2D eigenvalue weighted by Gasteiger charge is 2.21. The Hall–Kier alpha value is -0.520. The van der Waals surface area contributed by atoms with Gasteiger partial charge < -0.3 is 5.11 Å². The molecule has 0 bridgehead atoms. The first-order valence-electron chi connectivity index (χ1n) is 4.86. The minimum Gasteiger partial charge on any atom is -0.392 e. The zero-order valence-electron chi connectivity index (χ0n) is 8.16. The highest BCUT2D eigenvalue weighted by Crippen LogP contribution is 2.19. The van der Waals surface area contributed by atoms with Crippen molar-refractivity contribution in [3.05, 3.63) is 28.2 Å². The number of aliphatic hydroxyl groups excluding tert-OH is 1. The first-order chi connectivity index (χ1) is 7.16. The van der Waals surface area contributed by atoms with Crippen molar-refractivity contribution in [3.8, 4) is 0 Å². The van der Waals surface area contributed by atoms with E-state index in [4.69, 9.17) is 0 Å². The fraction of sp³-hybridized carbons (Fsp3) is 0.500. The molecule has 0 aliphatic carbocycles. The van der Waals surface area contributed by atoms with Crippen LogP contribution in [0.5, 0.6) is 0 Å². The van der Waals surface area contributed by atoms with E-state index in [0.29, 0.717) is 18.7 Å². The second kappa shape index (κ2) is 4.55. The summed E-state index contributed by atoms with van der Waals surface area (Å²) in [4.78, 5) is 5.84. The number of aliphatic hydroxyl groups is 1. The smallest absolute Gasteiger partial charge is 0.160 e. The Morgan fingerprint density at radius 3 is 3.13 bits per heavy atom. The topological polar surface area (TPSA) is 36.4 Å². The van der Waals surface area contributed by atoms with E-state index in [2.05, 4.69) is 20.9 Å². The average Bonchev–Trinajstić information content (AvgIpc) is 2.59. The number of pyridine rings is 1. The summed E-state index contributed by atoms with van der Waals surface area (Å²) in [6, 6.07) is 1.67. The predicted octanol–water partition coefficient (Wildman–Crippen LogP) is 1.55. The third-order valence-corrected chi connectivity index (χ3v) is 3.12. The zero-order chi connectivity index (χ0) is 10.8. The van der Waals surface area contributed by atoms with Gasteiger partial charge in [0.25, 0.3) is 0 Å². The second-order valence-electron chi connectivity index (χ2n) is 3.75. The standard InChI is InChI=1S/C10H12BrFN2O/c11-10-9(12)7(1-3-13-10)5-14-4-2-8(15)6-14/h1,3,8,15H,2,4-6H2/t8-/m1/s1. The quantitative estimate of drug-likeness (QED) is 0.832. The lowest BCUT2D eigenvalue weighted by Crippen LogP contribution is -2.22. The Labute approximate surface area is 96.1 Å². The molecule has 0 amide bonds. The van der Waals surface area contributed by atoms with Gasteiger partial charge in [0.15, 0.2) is 5.82 Å². The molecule has 2 rings (SSSR count). The van der Waals surface area contributed by atoms with Crippen LogP contribution in [0, 0.1) is 5.82 Å². The van der Waals surface area contributed by atoms with Crippen LogP contribution in [0.4, 0.5) is 4.39 Å². The largest absolute Gasteiger partial charge is 0.392 e. The van der Waals surface area contributed by atoms with Gasteiger partial charge in [-0.3, -0.25) is 4.90 Å². The molecular formula is C10H12BrFN2O. The van der Waals surface area contributed by atoms with Crippen molar-refractivity contribution in [1.82, 2.24) is 9.88 Å². The van der Waals surface area contributed by atoms with Gasteiger partial charge in [0.05, 0.1) is 6.10 Å². The first kappa shape index (κ1) is 11.0. The molecule has 82 valence electrons. The van der Waals surface area contributed by atoms with Gasteiger partial charge in [-0.2, -0.15) is 0 Å². The van der Waals surface area contributed by atoms with Gasteiger partial charge >= 0.3 is 0 Å². The Kier molecular flexibility index (Phi) is 3.33. The van der Waals surface area contributed by atoms with Gasteiger partial charge in [0, 0.05) is 31.4 Å². The molecule has 1 aliphatic rings. The fourth-order valence-electron chi connectivity index (χ4n) is 1.77. The molecule has 0 radical (unpaired) electrons. The summed E-state index contributed by atoms with van der Waals surface area (Å²) in [6.07, 6.45) is 2.08. The molecule has 1 aromatic heterocycles. The molecule has 0 spiro atoms. The van der Waals surface area contributed by atoms with E-state index in [9.17, 15) is 9.50 Å². The number of hydrogen-bond donors (Lipinski definition) is 1. The van der Waals surface area contributed by atoms with Crippen LogP contribution in [0.2, 0.25) is 0 Å². The molecular weight excluding hydrogens is 263 g/mol. The molecule has 1 saturated heterocycles. The number of rotatable bonds is 2. The van der Waals surface area contributed by atoms with Crippen LogP contribution in [-0.4, -0.2) is 34.2 Å². The molecule has 3 nitrogen and oxygen atoms in total. The van der Waals surface area contributed by atoms with Crippen LogP contribution in [0.15, 0.2) is 16.9 Å². The van der Waals surface area contributed by atoms with Crippen LogP contribution in [0.1, 0.15) is 12.0 Å². The van der Waals surface area contributed by atoms with Crippen molar-refractivity contribution in [1.29, 1.82) is 0 Å². The van der Waals surface area contributed by atoms with E-state index in [1.807, 2.05) is 4.90 Å². The van der Waals surface area contributed by atoms with E-state index in [1.165, 1.54) is 0 Å². The molecule has 5 heteroatoms. The highest BCUT2D eigenvalue weighted by atomic mass is 79.9. The van der Waals surface area contributed by atoms with Gasteiger partial charge in [-0.15, -0.1) is 0 Å². The summed E-state index contributed by atoms with van der Waals surface area (Å²) in [5.74, 6) is -0.307. The average molecular weight is 275 g/mol. The Bertz CT molecular complexity index is 361. The van der Waals surface area contributed by atoms with Crippen molar-refractivity contribution in [2.75, 3.05) is 13.1 Å². The molecule has 0 saturated carbocycles. The van der Waals surface area contributed by atoms with Crippen molar-refractivity contribution >= 4 is 15.9 Å². The highest BCUT2D eigenvalue weighted by molar-refractivity contribution is 9.10. The SMILES string of the molecule is O[C@@H]1CCN(Cc2ccnc(Br)c2F)C1. The zero-order valence-corrected chi connectivity index (χ0v) is 9.74. The maximum Gasteiger partial charge on any atom is 0.160 e. The number of likely N-dealkylation sites (tertiary alicyclic amines) is 1. The maximum atomic E-state index is 13.6. The minimum atomic E-state index is -0.307. The monoisotopic (exact) mass is 274 g/mol. The lowest BCUT2D eigenvalue weighted by Gasteiger charge is -2.15. The van der Waals surface area contributed by atoms with Crippen LogP contribution in [0.25, 0.3) is 0 Å². The normalized spacial score (nSPS) is 22.2. The molecule has 1 aliphatic heterocycles. The summed E-state index contributed by atoms with van der Waals surface area (Å²) in [6.45, 7) is 1.98. The summed E-state index contributed by atoms with van der Waals surface area (Å²) in [7, 11) is 0.